The van der Waals surface area contributed by atoms with E-state index in [1.807, 2.05) is 13.8 Å². The summed E-state index contributed by atoms with van der Waals surface area (Å²) in [5.41, 5.74) is 0.481. The predicted molar refractivity (Wildman–Crippen MR) is 85.4 cm³/mol. The molecule has 0 heterocycles. The van der Waals surface area contributed by atoms with Crippen LogP contribution in [0.25, 0.3) is 6.08 Å². The van der Waals surface area contributed by atoms with E-state index in [1.165, 1.54) is 6.08 Å². The van der Waals surface area contributed by atoms with Crippen LogP contribution in [0.3, 0.4) is 0 Å². The lowest BCUT2D eigenvalue weighted by atomic mass is 10.1. The van der Waals surface area contributed by atoms with Crippen molar-refractivity contribution in [3.63, 3.8) is 0 Å². The molecule has 0 saturated carbocycles. The highest BCUT2D eigenvalue weighted by Gasteiger charge is 2.14. The minimum Gasteiger partial charge on any atom is -0.497 e. The molecule has 0 bridgehead atoms. The van der Waals surface area contributed by atoms with Gasteiger partial charge in [-0.05, 0) is 37.1 Å². The first-order valence-electron chi connectivity index (χ1n) is 7.22. The van der Waals surface area contributed by atoms with Crippen LogP contribution in [0.1, 0.15) is 25.8 Å². The summed E-state index contributed by atoms with van der Waals surface area (Å²) in [4.78, 5) is 23.4. The molecular formula is C17H20N2O4. The van der Waals surface area contributed by atoms with Gasteiger partial charge < -0.3 is 14.8 Å². The smallest absolute Gasteiger partial charge is 0.349 e. The van der Waals surface area contributed by atoms with Gasteiger partial charge in [0.2, 0.25) is 0 Å². The van der Waals surface area contributed by atoms with Crippen LogP contribution >= 0.6 is 0 Å². The van der Waals surface area contributed by atoms with Crippen LogP contribution in [-0.4, -0.2) is 31.6 Å². The molecule has 0 aliphatic carbocycles. The molecule has 23 heavy (non-hydrogen) atoms. The second-order valence-corrected chi connectivity index (χ2v) is 4.90. The van der Waals surface area contributed by atoms with E-state index in [2.05, 4.69) is 5.32 Å². The van der Waals surface area contributed by atoms with Crippen LogP contribution in [0, 0.1) is 11.3 Å². The number of rotatable bonds is 7. The summed E-state index contributed by atoms with van der Waals surface area (Å²) in [5.74, 6) is -0.554. The monoisotopic (exact) mass is 316 g/mol. The number of esters is 1. The minimum atomic E-state index is -0.831. The lowest BCUT2D eigenvalue weighted by Gasteiger charge is -2.11. The molecule has 1 amide bonds. The summed E-state index contributed by atoms with van der Waals surface area (Å²) in [6.45, 7) is 3.37. The van der Waals surface area contributed by atoms with E-state index in [4.69, 9.17) is 14.7 Å². The van der Waals surface area contributed by atoms with Crippen molar-refractivity contribution in [3.8, 4) is 11.8 Å². The molecular weight excluding hydrogens is 296 g/mol. The number of nitriles is 1. The Labute approximate surface area is 135 Å². The van der Waals surface area contributed by atoms with Crippen LogP contribution in [0.4, 0.5) is 0 Å². The Morgan fingerprint density at radius 1 is 1.35 bits per heavy atom. The number of hydrogen-bond donors (Lipinski definition) is 1. The van der Waals surface area contributed by atoms with Crippen LogP contribution in [0.15, 0.2) is 29.8 Å². The Morgan fingerprint density at radius 2 is 2.00 bits per heavy atom. The summed E-state index contributed by atoms with van der Waals surface area (Å²) in [5, 5.41) is 11.7. The van der Waals surface area contributed by atoms with Crippen LogP contribution in [-0.2, 0) is 14.3 Å². The second kappa shape index (κ2) is 9.26. The quantitative estimate of drug-likeness (QED) is 0.472. The van der Waals surface area contributed by atoms with Crippen molar-refractivity contribution in [2.24, 2.45) is 0 Å². The van der Waals surface area contributed by atoms with Crippen molar-refractivity contribution in [1.82, 2.24) is 5.32 Å². The average molecular weight is 316 g/mol. The van der Waals surface area contributed by atoms with E-state index in [-0.39, 0.29) is 11.6 Å². The van der Waals surface area contributed by atoms with E-state index < -0.39 is 18.5 Å². The molecule has 1 atom stereocenters. The molecule has 0 aliphatic rings. The number of nitrogens with one attached hydrogen (secondary N) is 1. The maximum absolute atomic E-state index is 11.8. The van der Waals surface area contributed by atoms with Crippen molar-refractivity contribution < 1.29 is 19.1 Å². The van der Waals surface area contributed by atoms with Crippen molar-refractivity contribution in [3.05, 3.63) is 35.4 Å². The van der Waals surface area contributed by atoms with Gasteiger partial charge >= 0.3 is 5.97 Å². The molecule has 0 spiro atoms. The lowest BCUT2D eigenvalue weighted by Crippen LogP contribution is -2.35. The number of benzene rings is 1. The van der Waals surface area contributed by atoms with Gasteiger partial charge in [-0.3, -0.25) is 4.79 Å². The van der Waals surface area contributed by atoms with E-state index in [0.717, 1.165) is 6.42 Å². The SMILES string of the molecule is CC[C@@H](C)NC(=O)COC(=O)/C(C#N)=C/c1ccc(OC)cc1. The summed E-state index contributed by atoms with van der Waals surface area (Å²) in [6.07, 6.45) is 2.18. The Bertz CT molecular complexity index is 614. The van der Waals surface area contributed by atoms with Gasteiger partial charge in [-0.2, -0.15) is 5.26 Å². The van der Waals surface area contributed by atoms with Crippen molar-refractivity contribution in [2.45, 2.75) is 26.3 Å². The normalized spacial score (nSPS) is 12.0. The van der Waals surface area contributed by atoms with Gasteiger partial charge in [0.15, 0.2) is 6.61 Å². The number of amides is 1. The first-order chi connectivity index (χ1) is 11.0. The van der Waals surface area contributed by atoms with Crippen LogP contribution in [0.5, 0.6) is 5.75 Å². The van der Waals surface area contributed by atoms with E-state index >= 15 is 0 Å². The van der Waals surface area contributed by atoms with Crippen molar-refractivity contribution in [2.75, 3.05) is 13.7 Å². The Balaban J connectivity index is 2.66. The number of methoxy groups -OCH3 is 1. The number of carbonyl (C=O) groups is 2. The minimum absolute atomic E-state index is 0.00600. The standard InChI is InChI=1S/C17H20N2O4/c1-4-12(2)19-16(20)11-23-17(21)14(10-18)9-13-5-7-15(22-3)8-6-13/h5-9,12H,4,11H2,1-3H3,(H,19,20)/b14-9+/t12-/m1/s1. The largest absolute Gasteiger partial charge is 0.497 e. The lowest BCUT2D eigenvalue weighted by molar-refractivity contribution is -0.144. The highest BCUT2D eigenvalue weighted by molar-refractivity contribution is 5.98. The molecule has 0 saturated heterocycles. The van der Waals surface area contributed by atoms with E-state index in [9.17, 15) is 9.59 Å². The van der Waals surface area contributed by atoms with E-state index in [1.54, 1.807) is 37.4 Å². The third kappa shape index (κ3) is 6.22. The van der Waals surface area contributed by atoms with Crippen LogP contribution in [0.2, 0.25) is 0 Å². The highest BCUT2D eigenvalue weighted by Crippen LogP contribution is 2.14. The van der Waals surface area contributed by atoms with Crippen LogP contribution < -0.4 is 10.1 Å². The van der Waals surface area contributed by atoms with Gasteiger partial charge in [-0.1, -0.05) is 19.1 Å². The molecule has 0 aromatic heterocycles. The molecule has 0 aliphatic heterocycles. The molecule has 1 aromatic rings. The van der Waals surface area contributed by atoms with Gasteiger partial charge in [0.1, 0.15) is 17.4 Å². The molecule has 6 nitrogen and oxygen atoms in total. The molecule has 1 aromatic carbocycles. The summed E-state index contributed by atoms with van der Waals surface area (Å²) in [6, 6.07) is 8.63. The summed E-state index contributed by atoms with van der Waals surface area (Å²) < 4.78 is 9.88. The first-order valence-corrected chi connectivity index (χ1v) is 7.22. The molecule has 0 radical (unpaired) electrons. The predicted octanol–water partition coefficient (Wildman–Crippen LogP) is 2.06. The van der Waals surface area contributed by atoms with Gasteiger partial charge in [-0.25, -0.2) is 4.79 Å². The topological polar surface area (TPSA) is 88.4 Å². The second-order valence-electron chi connectivity index (χ2n) is 4.90. The fourth-order valence-corrected chi connectivity index (χ4v) is 1.63. The number of ether oxygens (including phenoxy) is 2. The van der Waals surface area contributed by atoms with Gasteiger partial charge in [0, 0.05) is 6.04 Å². The molecule has 1 rings (SSSR count). The molecule has 122 valence electrons. The third-order valence-electron chi connectivity index (χ3n) is 3.12. The summed E-state index contributed by atoms with van der Waals surface area (Å²) >= 11 is 0. The zero-order valence-corrected chi connectivity index (χ0v) is 13.5. The van der Waals surface area contributed by atoms with Gasteiger partial charge in [-0.15, -0.1) is 0 Å². The number of nitrogens with zero attached hydrogens (tertiary/aromatic N) is 1. The van der Waals surface area contributed by atoms with Gasteiger partial charge in [0.25, 0.3) is 5.91 Å². The highest BCUT2D eigenvalue weighted by atomic mass is 16.5. The molecule has 0 unspecified atom stereocenters. The Hall–Kier alpha value is -2.81. The molecule has 1 N–H and O–H groups in total. The Kier molecular flexibility index (Phi) is 7.34. The fourth-order valence-electron chi connectivity index (χ4n) is 1.63. The van der Waals surface area contributed by atoms with Gasteiger partial charge in [0.05, 0.1) is 7.11 Å². The third-order valence-corrected chi connectivity index (χ3v) is 3.12. The molecule has 6 heteroatoms. The Morgan fingerprint density at radius 3 is 2.52 bits per heavy atom. The zero-order chi connectivity index (χ0) is 17.2. The average Bonchev–Trinajstić information content (AvgIpc) is 2.57. The van der Waals surface area contributed by atoms with E-state index in [0.29, 0.717) is 11.3 Å². The zero-order valence-electron chi connectivity index (χ0n) is 13.5. The molecule has 0 fully saturated rings. The maximum Gasteiger partial charge on any atom is 0.349 e. The van der Waals surface area contributed by atoms with Crippen molar-refractivity contribution in [1.29, 1.82) is 5.26 Å². The number of carbonyl (C=O) groups excluding carboxylic acids is 2. The first kappa shape index (κ1) is 18.2. The number of hydrogen-bond acceptors (Lipinski definition) is 5. The summed E-state index contributed by atoms with van der Waals surface area (Å²) in [7, 11) is 1.55. The fraction of sp³-hybridized carbons (Fsp3) is 0.353. The van der Waals surface area contributed by atoms with Crippen molar-refractivity contribution >= 4 is 18.0 Å². The maximum atomic E-state index is 11.8.